The normalized spacial score (nSPS) is 10.7. The number of aromatic nitrogens is 2. The minimum absolute atomic E-state index is 0.0567. The maximum atomic E-state index is 12.1. The first-order valence-electron chi connectivity index (χ1n) is 6.13. The standard InChI is InChI=1S/C13H15N3O4/c1-15-9-4-2-3-5-10(9)16(13(15)20)7-6-11(17)14-8-12(18)19/h2-5H,6-8H2,1H3,(H,14,17)(H,18,19). The predicted molar refractivity (Wildman–Crippen MR) is 72.4 cm³/mol. The molecule has 0 aliphatic rings. The van der Waals surface area contributed by atoms with Crippen LogP contribution in [-0.2, 0) is 23.2 Å². The van der Waals surface area contributed by atoms with Crippen LogP contribution >= 0.6 is 0 Å². The van der Waals surface area contributed by atoms with Crippen LogP contribution in [0.15, 0.2) is 29.1 Å². The maximum Gasteiger partial charge on any atom is 0.328 e. The molecule has 0 saturated heterocycles. The average molecular weight is 277 g/mol. The van der Waals surface area contributed by atoms with Gasteiger partial charge < -0.3 is 10.4 Å². The largest absolute Gasteiger partial charge is 0.480 e. The van der Waals surface area contributed by atoms with Crippen molar-refractivity contribution in [2.24, 2.45) is 7.05 Å². The molecule has 0 bridgehead atoms. The molecule has 20 heavy (non-hydrogen) atoms. The van der Waals surface area contributed by atoms with Crippen molar-refractivity contribution in [3.63, 3.8) is 0 Å². The van der Waals surface area contributed by atoms with Crippen LogP contribution in [0.4, 0.5) is 0 Å². The summed E-state index contributed by atoms with van der Waals surface area (Å²) in [6.45, 7) is -0.199. The molecule has 0 aliphatic heterocycles. The van der Waals surface area contributed by atoms with E-state index >= 15 is 0 Å². The highest BCUT2D eigenvalue weighted by Gasteiger charge is 2.11. The van der Waals surface area contributed by atoms with Gasteiger partial charge in [0.1, 0.15) is 6.54 Å². The van der Waals surface area contributed by atoms with E-state index in [0.717, 1.165) is 11.0 Å². The van der Waals surface area contributed by atoms with Crippen LogP contribution in [0.5, 0.6) is 0 Å². The van der Waals surface area contributed by atoms with Gasteiger partial charge in [0.05, 0.1) is 11.0 Å². The Labute approximate surface area is 114 Å². The van der Waals surface area contributed by atoms with Gasteiger partial charge in [0, 0.05) is 20.0 Å². The Morgan fingerprint density at radius 2 is 1.90 bits per heavy atom. The molecule has 1 aromatic carbocycles. The summed E-state index contributed by atoms with van der Waals surface area (Å²) in [6.07, 6.45) is 0.0567. The van der Waals surface area contributed by atoms with Crippen molar-refractivity contribution in [3.05, 3.63) is 34.7 Å². The number of imidazole rings is 1. The number of amides is 1. The quantitative estimate of drug-likeness (QED) is 0.800. The predicted octanol–water partition coefficient (Wildman–Crippen LogP) is -0.0691. The highest BCUT2D eigenvalue weighted by molar-refractivity contribution is 5.81. The van der Waals surface area contributed by atoms with Gasteiger partial charge in [0.15, 0.2) is 0 Å². The number of carboxylic acids is 1. The van der Waals surface area contributed by atoms with Crippen molar-refractivity contribution in [1.29, 1.82) is 0 Å². The second kappa shape index (κ2) is 5.60. The first-order chi connectivity index (χ1) is 9.50. The van der Waals surface area contributed by atoms with Crippen molar-refractivity contribution in [2.45, 2.75) is 13.0 Å². The van der Waals surface area contributed by atoms with Crippen LogP contribution < -0.4 is 11.0 Å². The molecule has 0 unspecified atom stereocenters. The maximum absolute atomic E-state index is 12.1. The molecule has 0 aliphatic carbocycles. The van der Waals surface area contributed by atoms with E-state index in [1.807, 2.05) is 24.3 Å². The van der Waals surface area contributed by atoms with Gasteiger partial charge in [0.2, 0.25) is 5.91 Å². The minimum Gasteiger partial charge on any atom is -0.480 e. The Bertz CT molecular complexity index is 714. The van der Waals surface area contributed by atoms with E-state index in [1.54, 1.807) is 7.05 Å². The molecule has 0 spiro atoms. The van der Waals surface area contributed by atoms with Gasteiger partial charge in [-0.1, -0.05) is 12.1 Å². The number of hydrogen-bond donors (Lipinski definition) is 2. The molecule has 0 radical (unpaired) electrons. The summed E-state index contributed by atoms with van der Waals surface area (Å²) in [7, 11) is 1.67. The SMILES string of the molecule is Cn1c(=O)n(CCC(=O)NCC(=O)O)c2ccccc21. The van der Waals surface area contributed by atoms with Crippen LogP contribution in [-0.4, -0.2) is 32.7 Å². The lowest BCUT2D eigenvalue weighted by Gasteiger charge is -2.04. The second-order valence-electron chi connectivity index (χ2n) is 4.40. The summed E-state index contributed by atoms with van der Waals surface area (Å²) in [5.74, 6) is -1.49. The number of aryl methyl sites for hydroxylation is 2. The van der Waals surface area contributed by atoms with Crippen LogP contribution in [0.25, 0.3) is 11.0 Å². The van der Waals surface area contributed by atoms with E-state index < -0.39 is 18.4 Å². The molecule has 1 amide bonds. The number of rotatable bonds is 5. The molecular formula is C13H15N3O4. The van der Waals surface area contributed by atoms with E-state index in [9.17, 15) is 14.4 Å². The topological polar surface area (TPSA) is 93.3 Å². The third kappa shape index (κ3) is 2.71. The van der Waals surface area contributed by atoms with Crippen LogP contribution in [0, 0.1) is 0 Å². The molecule has 2 N–H and O–H groups in total. The van der Waals surface area contributed by atoms with E-state index in [-0.39, 0.29) is 18.7 Å². The Morgan fingerprint density at radius 1 is 1.25 bits per heavy atom. The van der Waals surface area contributed by atoms with Gasteiger partial charge in [-0.25, -0.2) is 4.79 Å². The van der Waals surface area contributed by atoms with Crippen LogP contribution in [0.3, 0.4) is 0 Å². The number of nitrogens with zero attached hydrogens (tertiary/aromatic N) is 2. The molecule has 0 fully saturated rings. The summed E-state index contributed by atoms with van der Waals surface area (Å²) in [6, 6.07) is 7.30. The van der Waals surface area contributed by atoms with Crippen molar-refractivity contribution >= 4 is 22.9 Å². The van der Waals surface area contributed by atoms with Gasteiger partial charge in [-0.3, -0.25) is 18.7 Å². The van der Waals surface area contributed by atoms with E-state index in [1.165, 1.54) is 9.13 Å². The van der Waals surface area contributed by atoms with Crippen LogP contribution in [0.2, 0.25) is 0 Å². The van der Waals surface area contributed by atoms with Crippen molar-refractivity contribution in [2.75, 3.05) is 6.54 Å². The number of carbonyl (C=O) groups excluding carboxylic acids is 1. The number of benzene rings is 1. The number of hydrogen-bond acceptors (Lipinski definition) is 3. The van der Waals surface area contributed by atoms with Crippen LogP contribution in [0.1, 0.15) is 6.42 Å². The molecule has 2 rings (SSSR count). The molecule has 7 nitrogen and oxygen atoms in total. The highest BCUT2D eigenvalue weighted by atomic mass is 16.4. The second-order valence-corrected chi connectivity index (χ2v) is 4.40. The fourth-order valence-electron chi connectivity index (χ4n) is 2.06. The zero-order valence-electron chi connectivity index (χ0n) is 11.0. The summed E-state index contributed by atoms with van der Waals surface area (Å²) in [5, 5.41) is 10.7. The fraction of sp³-hybridized carbons (Fsp3) is 0.308. The van der Waals surface area contributed by atoms with Gasteiger partial charge in [-0.15, -0.1) is 0 Å². The molecule has 0 atom stereocenters. The van der Waals surface area contributed by atoms with Gasteiger partial charge in [0.25, 0.3) is 0 Å². The number of fused-ring (bicyclic) bond motifs is 1. The van der Waals surface area contributed by atoms with E-state index in [4.69, 9.17) is 5.11 Å². The first kappa shape index (κ1) is 13.9. The average Bonchev–Trinajstić information content (AvgIpc) is 2.67. The Kier molecular flexibility index (Phi) is 3.88. The number of aliphatic carboxylic acids is 1. The minimum atomic E-state index is -1.10. The molecule has 106 valence electrons. The number of para-hydroxylation sites is 2. The molecule has 1 aromatic heterocycles. The van der Waals surface area contributed by atoms with Crippen molar-refractivity contribution < 1.29 is 14.7 Å². The lowest BCUT2D eigenvalue weighted by Crippen LogP contribution is -2.31. The van der Waals surface area contributed by atoms with Crippen molar-refractivity contribution in [1.82, 2.24) is 14.5 Å². The third-order valence-electron chi connectivity index (χ3n) is 3.05. The molecule has 2 aromatic rings. The Balaban J connectivity index is 2.14. The summed E-state index contributed by atoms with van der Waals surface area (Å²) < 4.78 is 3.03. The number of carbonyl (C=O) groups is 2. The summed E-state index contributed by atoms with van der Waals surface area (Å²) in [5.41, 5.74) is 1.35. The van der Waals surface area contributed by atoms with Gasteiger partial charge in [-0.2, -0.15) is 0 Å². The number of nitrogens with one attached hydrogen (secondary N) is 1. The monoisotopic (exact) mass is 277 g/mol. The Hall–Kier alpha value is -2.57. The third-order valence-corrected chi connectivity index (χ3v) is 3.05. The molecule has 7 heteroatoms. The van der Waals surface area contributed by atoms with E-state index in [2.05, 4.69) is 5.32 Å². The molecule has 1 heterocycles. The summed E-state index contributed by atoms with van der Waals surface area (Å²) in [4.78, 5) is 33.9. The fourth-order valence-corrected chi connectivity index (χ4v) is 2.06. The Morgan fingerprint density at radius 3 is 2.55 bits per heavy atom. The zero-order chi connectivity index (χ0) is 14.7. The molecule has 0 saturated carbocycles. The molecular weight excluding hydrogens is 262 g/mol. The van der Waals surface area contributed by atoms with Gasteiger partial charge >= 0.3 is 11.7 Å². The zero-order valence-corrected chi connectivity index (χ0v) is 11.0. The van der Waals surface area contributed by atoms with Crippen molar-refractivity contribution in [3.8, 4) is 0 Å². The first-order valence-corrected chi connectivity index (χ1v) is 6.13. The lowest BCUT2D eigenvalue weighted by molar-refractivity contribution is -0.137. The number of carboxylic acid groups (broad SMARTS) is 1. The lowest BCUT2D eigenvalue weighted by atomic mass is 10.3. The van der Waals surface area contributed by atoms with E-state index in [0.29, 0.717) is 0 Å². The smallest absolute Gasteiger partial charge is 0.328 e. The van der Waals surface area contributed by atoms with Gasteiger partial charge in [-0.05, 0) is 12.1 Å². The summed E-state index contributed by atoms with van der Waals surface area (Å²) >= 11 is 0. The highest BCUT2D eigenvalue weighted by Crippen LogP contribution is 2.11.